The van der Waals surface area contributed by atoms with Crippen LogP contribution in [0.3, 0.4) is 0 Å². The van der Waals surface area contributed by atoms with Crippen LogP contribution >= 0.6 is 27.3 Å². The number of aromatic nitrogens is 2. The second kappa shape index (κ2) is 12.9. The Morgan fingerprint density at radius 1 is 1.04 bits per heavy atom. The number of benzene rings is 3. The number of methoxy groups -OCH3 is 1. The lowest BCUT2D eigenvalue weighted by Crippen LogP contribution is -2.40. The SMILES string of the molecule is CCOC(=O)C1=C(C)N=c2s/c(=C/c3cn(Cc4ccc(Br)cc4)c4ccccc34)c(=O)n2[C@H]1c1ccc(OC)c(OCC)c1. The topological polar surface area (TPSA) is 84.1 Å². The van der Waals surface area contributed by atoms with Crippen LogP contribution in [0.2, 0.25) is 0 Å². The number of carbonyl (C=O) groups excluding carboxylic acids is 1. The lowest BCUT2D eigenvalue weighted by Gasteiger charge is -2.25. The molecule has 0 N–H and O–H groups in total. The molecule has 0 amide bonds. The van der Waals surface area contributed by atoms with Crippen LogP contribution < -0.4 is 24.4 Å². The van der Waals surface area contributed by atoms with Crippen molar-refractivity contribution in [2.75, 3.05) is 20.3 Å². The molecule has 1 atom stereocenters. The van der Waals surface area contributed by atoms with Gasteiger partial charge in [-0.15, -0.1) is 0 Å². The summed E-state index contributed by atoms with van der Waals surface area (Å²) in [4.78, 5) is 32.9. The van der Waals surface area contributed by atoms with E-state index in [1.54, 1.807) is 31.6 Å². The Morgan fingerprint density at radius 3 is 2.56 bits per heavy atom. The Bertz CT molecular complexity index is 2130. The number of nitrogens with zero attached hydrogens (tertiary/aromatic N) is 3. The minimum atomic E-state index is -0.758. The summed E-state index contributed by atoms with van der Waals surface area (Å²) in [5.74, 6) is 0.574. The number of para-hydroxylation sites is 1. The van der Waals surface area contributed by atoms with Crippen molar-refractivity contribution in [3.63, 3.8) is 0 Å². The lowest BCUT2D eigenvalue weighted by molar-refractivity contribution is -0.139. The smallest absolute Gasteiger partial charge is 0.338 e. The molecule has 3 aromatic carbocycles. The van der Waals surface area contributed by atoms with Gasteiger partial charge in [0.2, 0.25) is 0 Å². The highest BCUT2D eigenvalue weighted by molar-refractivity contribution is 9.10. The minimum absolute atomic E-state index is 0.198. The van der Waals surface area contributed by atoms with E-state index >= 15 is 0 Å². The van der Waals surface area contributed by atoms with Crippen LogP contribution in [0.15, 0.2) is 98.5 Å². The summed E-state index contributed by atoms with van der Waals surface area (Å²) in [5, 5.41) is 1.04. The van der Waals surface area contributed by atoms with Crippen LogP contribution in [0.25, 0.3) is 17.0 Å². The monoisotopic (exact) mass is 685 g/mol. The average molecular weight is 687 g/mol. The number of rotatable bonds is 9. The Morgan fingerprint density at radius 2 is 1.82 bits per heavy atom. The molecule has 10 heteroatoms. The van der Waals surface area contributed by atoms with Crippen molar-refractivity contribution in [3.8, 4) is 11.5 Å². The van der Waals surface area contributed by atoms with E-state index in [1.165, 1.54) is 11.3 Å². The van der Waals surface area contributed by atoms with Crippen molar-refractivity contribution >= 4 is 50.2 Å². The molecule has 0 radical (unpaired) electrons. The fourth-order valence-electron chi connectivity index (χ4n) is 5.69. The molecule has 0 saturated carbocycles. The van der Waals surface area contributed by atoms with Gasteiger partial charge in [0.25, 0.3) is 5.56 Å². The summed E-state index contributed by atoms with van der Waals surface area (Å²) in [7, 11) is 1.57. The van der Waals surface area contributed by atoms with Crippen LogP contribution in [0.5, 0.6) is 11.5 Å². The molecule has 0 bridgehead atoms. The van der Waals surface area contributed by atoms with Gasteiger partial charge in [0.15, 0.2) is 16.3 Å². The van der Waals surface area contributed by atoms with Crippen molar-refractivity contribution in [1.29, 1.82) is 0 Å². The molecule has 5 aromatic rings. The summed E-state index contributed by atoms with van der Waals surface area (Å²) < 4.78 is 22.1. The maximum absolute atomic E-state index is 14.3. The largest absolute Gasteiger partial charge is 0.493 e. The third kappa shape index (κ3) is 5.87. The molecule has 230 valence electrons. The molecule has 6 rings (SSSR count). The molecule has 0 unspecified atom stereocenters. The maximum atomic E-state index is 14.3. The molecule has 8 nitrogen and oxygen atoms in total. The fourth-order valence-corrected chi connectivity index (χ4v) is 6.99. The number of hydrogen-bond acceptors (Lipinski definition) is 7. The highest BCUT2D eigenvalue weighted by atomic mass is 79.9. The molecule has 0 saturated heterocycles. The number of thiazole rings is 1. The number of allylic oxidation sites excluding steroid dienone is 1. The van der Waals surface area contributed by atoms with Crippen molar-refractivity contribution in [1.82, 2.24) is 9.13 Å². The summed E-state index contributed by atoms with van der Waals surface area (Å²) in [6, 6.07) is 21.1. The third-order valence-corrected chi connectivity index (χ3v) is 9.20. The predicted molar refractivity (Wildman–Crippen MR) is 180 cm³/mol. The highest BCUT2D eigenvalue weighted by Gasteiger charge is 2.34. The molecule has 1 aliphatic rings. The quantitative estimate of drug-likeness (QED) is 0.179. The number of halogens is 1. The first-order chi connectivity index (χ1) is 21.8. The first-order valence-corrected chi connectivity index (χ1v) is 16.3. The minimum Gasteiger partial charge on any atom is -0.493 e. The molecule has 1 aliphatic heterocycles. The van der Waals surface area contributed by atoms with E-state index in [1.807, 2.05) is 49.4 Å². The Balaban J connectivity index is 1.52. The van der Waals surface area contributed by atoms with Crippen molar-refractivity contribution in [3.05, 3.63) is 125 Å². The van der Waals surface area contributed by atoms with Crippen LogP contribution in [-0.4, -0.2) is 35.4 Å². The van der Waals surface area contributed by atoms with Gasteiger partial charge in [0, 0.05) is 33.7 Å². The van der Waals surface area contributed by atoms with Crippen molar-refractivity contribution in [2.24, 2.45) is 4.99 Å². The maximum Gasteiger partial charge on any atom is 0.338 e. The van der Waals surface area contributed by atoms with E-state index in [-0.39, 0.29) is 12.2 Å². The second-order valence-electron chi connectivity index (χ2n) is 10.5. The Hall–Kier alpha value is -4.41. The van der Waals surface area contributed by atoms with E-state index in [2.05, 4.69) is 51.0 Å². The van der Waals surface area contributed by atoms with Gasteiger partial charge in [0.1, 0.15) is 0 Å². The Kier molecular flexibility index (Phi) is 8.78. The van der Waals surface area contributed by atoms with Gasteiger partial charge in [-0.1, -0.05) is 63.7 Å². The normalized spacial score (nSPS) is 14.8. The van der Waals surface area contributed by atoms with E-state index in [9.17, 15) is 9.59 Å². The van der Waals surface area contributed by atoms with Crippen LogP contribution in [-0.2, 0) is 16.1 Å². The van der Waals surface area contributed by atoms with Crippen LogP contribution in [0, 0.1) is 0 Å². The first kappa shape index (κ1) is 30.6. The van der Waals surface area contributed by atoms with Crippen molar-refractivity contribution in [2.45, 2.75) is 33.4 Å². The highest BCUT2D eigenvalue weighted by Crippen LogP contribution is 2.36. The van der Waals surface area contributed by atoms with Gasteiger partial charge < -0.3 is 18.8 Å². The van der Waals surface area contributed by atoms with E-state index < -0.39 is 12.0 Å². The van der Waals surface area contributed by atoms with Crippen molar-refractivity contribution < 1.29 is 19.0 Å². The number of ether oxygens (including phenoxy) is 3. The summed E-state index contributed by atoms with van der Waals surface area (Å²) in [5.41, 5.74) is 4.43. The number of fused-ring (bicyclic) bond motifs is 2. The number of hydrogen-bond donors (Lipinski definition) is 0. The molecular weight excluding hydrogens is 654 g/mol. The molecule has 0 aliphatic carbocycles. The van der Waals surface area contributed by atoms with Gasteiger partial charge in [-0.2, -0.15) is 0 Å². The van der Waals surface area contributed by atoms with E-state index in [4.69, 9.17) is 19.2 Å². The Labute approximate surface area is 272 Å². The molecule has 2 aromatic heterocycles. The molecule has 0 fully saturated rings. The number of esters is 1. The van der Waals surface area contributed by atoms with Gasteiger partial charge in [-0.3, -0.25) is 9.36 Å². The molecular formula is C35H32BrN3O5S. The zero-order valence-corrected chi connectivity index (χ0v) is 27.8. The third-order valence-electron chi connectivity index (χ3n) is 7.69. The zero-order chi connectivity index (χ0) is 31.7. The molecule has 3 heterocycles. The van der Waals surface area contributed by atoms with E-state index in [0.717, 1.165) is 26.5 Å². The number of carbonyl (C=O) groups is 1. The second-order valence-corrected chi connectivity index (χ2v) is 12.4. The molecule has 45 heavy (non-hydrogen) atoms. The van der Waals surface area contributed by atoms with Crippen LogP contribution in [0.4, 0.5) is 0 Å². The molecule has 0 spiro atoms. The van der Waals surface area contributed by atoms with E-state index in [0.29, 0.717) is 50.8 Å². The lowest BCUT2D eigenvalue weighted by atomic mass is 9.95. The first-order valence-electron chi connectivity index (χ1n) is 14.7. The summed E-state index contributed by atoms with van der Waals surface area (Å²) >= 11 is 4.81. The summed E-state index contributed by atoms with van der Waals surface area (Å²) in [6.45, 7) is 6.73. The van der Waals surface area contributed by atoms with Gasteiger partial charge in [-0.05, 0) is 68.3 Å². The average Bonchev–Trinajstić information content (AvgIpc) is 3.53. The standard InChI is InChI=1S/C35H32BrN3O5S/c1-5-43-29-17-23(13-16-28(29)42-4)32-31(34(41)44-6-2)21(3)37-35-39(32)33(40)30(45-35)18-24-20-38(27-10-8-7-9-26(24)27)19-22-11-14-25(36)15-12-22/h7-18,20,32H,5-6,19H2,1-4H3/b30-18+/t32-/m0/s1. The fraction of sp³-hybridized carbons (Fsp3) is 0.229. The predicted octanol–water partition coefficient (Wildman–Crippen LogP) is 5.97. The zero-order valence-electron chi connectivity index (χ0n) is 25.4. The van der Waals surface area contributed by atoms with Gasteiger partial charge in [-0.25, -0.2) is 9.79 Å². The summed E-state index contributed by atoms with van der Waals surface area (Å²) in [6.07, 6.45) is 4.00. The van der Waals surface area contributed by atoms with Gasteiger partial charge in [0.05, 0.1) is 42.2 Å². The van der Waals surface area contributed by atoms with Gasteiger partial charge >= 0.3 is 5.97 Å². The van der Waals surface area contributed by atoms with Crippen LogP contribution in [0.1, 0.15) is 43.5 Å².